The maximum absolute atomic E-state index is 12.2. The Morgan fingerprint density at radius 1 is 0.964 bits per heavy atom. The van der Waals surface area contributed by atoms with E-state index in [0.29, 0.717) is 18.1 Å². The summed E-state index contributed by atoms with van der Waals surface area (Å²) >= 11 is 0. The molecule has 0 fully saturated rings. The summed E-state index contributed by atoms with van der Waals surface area (Å²) < 4.78 is 39.2. The quantitative estimate of drug-likeness (QED) is 0.672. The normalized spacial score (nSPS) is 10.3. The first-order chi connectivity index (χ1) is 13.4. The summed E-state index contributed by atoms with van der Waals surface area (Å²) in [4.78, 5) is 24.3. The molecule has 0 saturated carbocycles. The number of halogens is 2. The molecule has 7 nitrogen and oxygen atoms in total. The van der Waals surface area contributed by atoms with Crippen LogP contribution in [0.4, 0.5) is 8.78 Å². The molecule has 0 bridgehead atoms. The average molecular weight is 394 g/mol. The van der Waals surface area contributed by atoms with E-state index in [4.69, 9.17) is 9.47 Å². The molecule has 0 unspecified atom stereocenters. The van der Waals surface area contributed by atoms with Gasteiger partial charge in [-0.05, 0) is 48.9 Å². The number of hydrogen-bond donors (Lipinski definition) is 2. The minimum absolute atomic E-state index is 0.0759. The fourth-order valence-electron chi connectivity index (χ4n) is 2.19. The molecular formula is C19H20F2N2O5. The molecule has 2 amide bonds. The van der Waals surface area contributed by atoms with Crippen LogP contribution < -0.4 is 25.1 Å². The number of benzene rings is 2. The Bertz CT molecular complexity index is 812. The van der Waals surface area contributed by atoms with E-state index in [9.17, 15) is 18.4 Å². The fraction of sp³-hybridized carbons (Fsp3) is 0.263. The highest BCUT2D eigenvalue weighted by Crippen LogP contribution is 2.28. The summed E-state index contributed by atoms with van der Waals surface area (Å²) in [5.41, 5.74) is 4.92. The maximum atomic E-state index is 12.2. The van der Waals surface area contributed by atoms with E-state index >= 15 is 0 Å². The highest BCUT2D eigenvalue weighted by atomic mass is 19.3. The molecule has 2 aromatic rings. The van der Waals surface area contributed by atoms with Crippen molar-refractivity contribution in [2.75, 3.05) is 13.7 Å². The number of carbonyl (C=O) groups excluding carboxylic acids is 2. The molecule has 0 aliphatic heterocycles. The van der Waals surface area contributed by atoms with Crippen molar-refractivity contribution in [3.05, 3.63) is 53.6 Å². The highest BCUT2D eigenvalue weighted by molar-refractivity contribution is 5.99. The van der Waals surface area contributed by atoms with Gasteiger partial charge in [-0.25, -0.2) is 0 Å². The number of alkyl halides is 2. The molecule has 2 aromatic carbocycles. The van der Waals surface area contributed by atoms with Gasteiger partial charge < -0.3 is 14.2 Å². The van der Waals surface area contributed by atoms with E-state index in [2.05, 4.69) is 15.6 Å². The number of carbonyl (C=O) groups is 2. The number of ether oxygens (including phenoxy) is 3. The van der Waals surface area contributed by atoms with Crippen LogP contribution in [0.5, 0.6) is 17.2 Å². The number of nitrogens with one attached hydrogen (secondary N) is 2. The third kappa shape index (κ3) is 5.83. The lowest BCUT2D eigenvalue weighted by Crippen LogP contribution is -2.41. The Kier molecular flexibility index (Phi) is 7.55. The number of methoxy groups -OCH3 is 1. The molecule has 150 valence electrons. The van der Waals surface area contributed by atoms with E-state index in [1.165, 1.54) is 43.5 Å². The van der Waals surface area contributed by atoms with Gasteiger partial charge in [0.2, 0.25) is 0 Å². The van der Waals surface area contributed by atoms with Crippen LogP contribution in [-0.4, -0.2) is 32.1 Å². The van der Waals surface area contributed by atoms with Crippen LogP contribution in [0.2, 0.25) is 0 Å². The Balaban J connectivity index is 1.96. The van der Waals surface area contributed by atoms with Crippen molar-refractivity contribution >= 4 is 11.8 Å². The van der Waals surface area contributed by atoms with Crippen LogP contribution in [0, 0.1) is 0 Å². The summed E-state index contributed by atoms with van der Waals surface area (Å²) in [6, 6.07) is 9.66. The first-order valence-corrected chi connectivity index (χ1v) is 8.41. The standard InChI is InChI=1S/C19H20F2N2O5/c1-3-10-27-15-9-6-13(11-16(15)26-2)18(25)23-22-17(24)12-4-7-14(8-5-12)28-19(20)21/h4-9,11,19H,3,10H2,1-2H3,(H,22,24)(H,23,25). The minimum Gasteiger partial charge on any atom is -0.493 e. The molecule has 0 atom stereocenters. The van der Waals surface area contributed by atoms with Crippen LogP contribution >= 0.6 is 0 Å². The van der Waals surface area contributed by atoms with Gasteiger partial charge in [-0.15, -0.1) is 0 Å². The molecule has 0 aliphatic rings. The molecule has 0 aliphatic carbocycles. The van der Waals surface area contributed by atoms with Crippen LogP contribution in [0.1, 0.15) is 34.1 Å². The van der Waals surface area contributed by atoms with E-state index in [-0.39, 0.29) is 16.9 Å². The summed E-state index contributed by atoms with van der Waals surface area (Å²) in [7, 11) is 1.46. The molecule has 2 N–H and O–H groups in total. The lowest BCUT2D eigenvalue weighted by atomic mass is 10.2. The molecule has 9 heteroatoms. The van der Waals surface area contributed by atoms with Gasteiger partial charge >= 0.3 is 6.61 Å². The molecule has 0 aromatic heterocycles. The number of hydrazine groups is 1. The second-order valence-electron chi connectivity index (χ2n) is 5.53. The summed E-state index contributed by atoms with van der Waals surface area (Å²) in [5, 5.41) is 0. The largest absolute Gasteiger partial charge is 0.493 e. The molecule has 28 heavy (non-hydrogen) atoms. The second-order valence-corrected chi connectivity index (χ2v) is 5.53. The molecule has 0 spiro atoms. The summed E-state index contributed by atoms with van der Waals surface area (Å²) in [6.45, 7) is -0.468. The predicted molar refractivity (Wildman–Crippen MR) is 96.8 cm³/mol. The fourth-order valence-corrected chi connectivity index (χ4v) is 2.19. The van der Waals surface area contributed by atoms with Crippen LogP contribution in [0.15, 0.2) is 42.5 Å². The molecule has 0 saturated heterocycles. The number of amides is 2. The molecular weight excluding hydrogens is 374 g/mol. The Morgan fingerprint density at radius 2 is 1.57 bits per heavy atom. The lowest BCUT2D eigenvalue weighted by molar-refractivity contribution is -0.0498. The molecule has 0 heterocycles. The van der Waals surface area contributed by atoms with Crippen molar-refractivity contribution in [3.8, 4) is 17.2 Å². The van der Waals surface area contributed by atoms with Gasteiger partial charge in [0.05, 0.1) is 13.7 Å². The number of rotatable bonds is 8. The maximum Gasteiger partial charge on any atom is 0.387 e. The Hall–Kier alpha value is -3.36. The van der Waals surface area contributed by atoms with Crippen molar-refractivity contribution in [2.45, 2.75) is 20.0 Å². The predicted octanol–water partition coefficient (Wildman–Crippen LogP) is 3.16. The van der Waals surface area contributed by atoms with E-state index in [1.807, 2.05) is 6.92 Å². The smallest absolute Gasteiger partial charge is 0.387 e. The summed E-state index contributed by atoms with van der Waals surface area (Å²) in [6.07, 6.45) is 0.826. The first kappa shape index (κ1) is 20.9. The highest BCUT2D eigenvalue weighted by Gasteiger charge is 2.13. The molecule has 2 rings (SSSR count). The van der Waals surface area contributed by atoms with Gasteiger partial charge in [-0.3, -0.25) is 20.4 Å². The van der Waals surface area contributed by atoms with Crippen LogP contribution in [0.25, 0.3) is 0 Å². The SMILES string of the molecule is CCCOc1ccc(C(=O)NNC(=O)c2ccc(OC(F)F)cc2)cc1OC. The third-order valence-electron chi connectivity index (χ3n) is 3.52. The van der Waals surface area contributed by atoms with Crippen molar-refractivity contribution in [1.82, 2.24) is 10.9 Å². The van der Waals surface area contributed by atoms with Gasteiger partial charge in [-0.2, -0.15) is 8.78 Å². The summed E-state index contributed by atoms with van der Waals surface area (Å²) in [5.74, 6) is -0.357. The lowest BCUT2D eigenvalue weighted by Gasteiger charge is -2.12. The molecule has 0 radical (unpaired) electrons. The van der Waals surface area contributed by atoms with E-state index in [1.54, 1.807) is 6.07 Å². The van der Waals surface area contributed by atoms with E-state index < -0.39 is 18.4 Å². The second kappa shape index (κ2) is 10.1. The Labute approximate surface area is 160 Å². The van der Waals surface area contributed by atoms with Gasteiger partial charge in [0, 0.05) is 11.1 Å². The van der Waals surface area contributed by atoms with Crippen molar-refractivity contribution in [1.29, 1.82) is 0 Å². The first-order valence-electron chi connectivity index (χ1n) is 8.41. The minimum atomic E-state index is -2.95. The zero-order valence-electron chi connectivity index (χ0n) is 15.3. The zero-order valence-corrected chi connectivity index (χ0v) is 15.3. The van der Waals surface area contributed by atoms with Crippen molar-refractivity contribution < 1.29 is 32.6 Å². The van der Waals surface area contributed by atoms with Gasteiger partial charge in [-0.1, -0.05) is 6.92 Å². The third-order valence-corrected chi connectivity index (χ3v) is 3.52. The topological polar surface area (TPSA) is 85.9 Å². The van der Waals surface area contributed by atoms with Gasteiger partial charge in [0.1, 0.15) is 5.75 Å². The Morgan fingerprint density at radius 3 is 2.14 bits per heavy atom. The van der Waals surface area contributed by atoms with Gasteiger partial charge in [0.15, 0.2) is 11.5 Å². The van der Waals surface area contributed by atoms with Crippen LogP contribution in [0.3, 0.4) is 0 Å². The van der Waals surface area contributed by atoms with Crippen molar-refractivity contribution in [2.24, 2.45) is 0 Å². The average Bonchev–Trinajstić information content (AvgIpc) is 2.70. The van der Waals surface area contributed by atoms with Crippen LogP contribution in [-0.2, 0) is 0 Å². The van der Waals surface area contributed by atoms with Gasteiger partial charge in [0.25, 0.3) is 11.8 Å². The monoisotopic (exact) mass is 394 g/mol. The van der Waals surface area contributed by atoms with Crippen molar-refractivity contribution in [3.63, 3.8) is 0 Å². The number of hydrogen-bond acceptors (Lipinski definition) is 5. The zero-order chi connectivity index (χ0) is 20.5. The van der Waals surface area contributed by atoms with E-state index in [0.717, 1.165) is 6.42 Å².